The van der Waals surface area contributed by atoms with E-state index in [0.717, 1.165) is 56.0 Å². The van der Waals surface area contributed by atoms with E-state index in [0.29, 0.717) is 0 Å². The maximum Gasteiger partial charge on any atom is 0.244 e. The van der Waals surface area contributed by atoms with Gasteiger partial charge in [0.25, 0.3) is 0 Å². The van der Waals surface area contributed by atoms with Gasteiger partial charge in [-0.25, -0.2) is 9.97 Å². The van der Waals surface area contributed by atoms with Crippen molar-refractivity contribution in [2.45, 2.75) is 45.6 Å². The van der Waals surface area contributed by atoms with Crippen molar-refractivity contribution in [1.29, 1.82) is 0 Å². The summed E-state index contributed by atoms with van der Waals surface area (Å²) in [4.78, 5) is 22.5. The van der Waals surface area contributed by atoms with Crippen LogP contribution in [-0.2, 0) is 11.2 Å². The summed E-state index contributed by atoms with van der Waals surface area (Å²) in [6.45, 7) is 5.94. The molecular formula is C15H25N5O. The molecule has 1 aliphatic heterocycles. The first-order chi connectivity index (χ1) is 10.2. The van der Waals surface area contributed by atoms with E-state index >= 15 is 0 Å². The van der Waals surface area contributed by atoms with E-state index in [1.165, 1.54) is 0 Å². The third-order valence-corrected chi connectivity index (χ3v) is 3.73. The Morgan fingerprint density at radius 3 is 2.67 bits per heavy atom. The van der Waals surface area contributed by atoms with Gasteiger partial charge in [0.2, 0.25) is 5.91 Å². The van der Waals surface area contributed by atoms with Crippen LogP contribution in [-0.4, -0.2) is 47.0 Å². The SMILES string of the molecule is CCCNc1ncnc(NC2CCN(C)C2=O)c1CCC. The van der Waals surface area contributed by atoms with E-state index in [2.05, 4.69) is 34.4 Å². The van der Waals surface area contributed by atoms with Gasteiger partial charge in [-0.3, -0.25) is 4.79 Å². The zero-order chi connectivity index (χ0) is 15.2. The average molecular weight is 291 g/mol. The van der Waals surface area contributed by atoms with E-state index in [-0.39, 0.29) is 11.9 Å². The quantitative estimate of drug-likeness (QED) is 0.803. The Kier molecular flexibility index (Phi) is 5.36. The Morgan fingerprint density at radius 1 is 1.29 bits per heavy atom. The number of rotatable bonds is 7. The number of aromatic nitrogens is 2. The molecule has 6 nitrogen and oxygen atoms in total. The molecule has 0 bridgehead atoms. The summed E-state index contributed by atoms with van der Waals surface area (Å²) in [5, 5.41) is 6.66. The Morgan fingerprint density at radius 2 is 2.05 bits per heavy atom. The summed E-state index contributed by atoms with van der Waals surface area (Å²) >= 11 is 0. The molecule has 0 aromatic carbocycles. The first-order valence-electron chi connectivity index (χ1n) is 7.76. The topological polar surface area (TPSA) is 70.2 Å². The van der Waals surface area contributed by atoms with Crippen LogP contribution in [0.2, 0.25) is 0 Å². The molecule has 1 fully saturated rings. The second kappa shape index (κ2) is 7.24. The van der Waals surface area contributed by atoms with Gasteiger partial charge in [-0.1, -0.05) is 20.3 Å². The lowest BCUT2D eigenvalue weighted by atomic mass is 10.1. The van der Waals surface area contributed by atoms with Gasteiger partial charge in [0, 0.05) is 25.7 Å². The van der Waals surface area contributed by atoms with Gasteiger partial charge in [0.15, 0.2) is 0 Å². The van der Waals surface area contributed by atoms with Crippen molar-refractivity contribution < 1.29 is 4.79 Å². The number of likely N-dealkylation sites (N-methyl/N-ethyl adjacent to an activating group) is 1. The number of anilines is 2. The van der Waals surface area contributed by atoms with Crippen molar-refractivity contribution in [2.75, 3.05) is 30.8 Å². The molecule has 1 aliphatic rings. The summed E-state index contributed by atoms with van der Waals surface area (Å²) < 4.78 is 0. The van der Waals surface area contributed by atoms with Crippen LogP contribution in [0.25, 0.3) is 0 Å². The predicted molar refractivity (Wildman–Crippen MR) is 84.5 cm³/mol. The number of nitrogens with one attached hydrogen (secondary N) is 2. The lowest BCUT2D eigenvalue weighted by Crippen LogP contribution is -2.31. The van der Waals surface area contributed by atoms with E-state index in [4.69, 9.17) is 0 Å². The van der Waals surface area contributed by atoms with Gasteiger partial charge in [-0.15, -0.1) is 0 Å². The van der Waals surface area contributed by atoms with Gasteiger partial charge < -0.3 is 15.5 Å². The fourth-order valence-corrected chi connectivity index (χ4v) is 2.54. The molecule has 116 valence electrons. The minimum absolute atomic E-state index is 0.138. The van der Waals surface area contributed by atoms with Crippen molar-refractivity contribution in [1.82, 2.24) is 14.9 Å². The Hall–Kier alpha value is -1.85. The van der Waals surface area contributed by atoms with Crippen molar-refractivity contribution in [2.24, 2.45) is 0 Å². The van der Waals surface area contributed by atoms with E-state index < -0.39 is 0 Å². The summed E-state index contributed by atoms with van der Waals surface area (Å²) in [5.41, 5.74) is 1.08. The van der Waals surface area contributed by atoms with E-state index in [9.17, 15) is 4.79 Å². The van der Waals surface area contributed by atoms with Crippen LogP contribution in [0.15, 0.2) is 6.33 Å². The lowest BCUT2D eigenvalue weighted by Gasteiger charge is -2.18. The van der Waals surface area contributed by atoms with Crippen LogP contribution in [0.5, 0.6) is 0 Å². The molecular weight excluding hydrogens is 266 g/mol. The van der Waals surface area contributed by atoms with Crippen LogP contribution >= 0.6 is 0 Å². The Balaban J connectivity index is 2.19. The zero-order valence-corrected chi connectivity index (χ0v) is 13.1. The molecule has 2 N–H and O–H groups in total. The minimum Gasteiger partial charge on any atom is -0.370 e. The standard InChI is InChI=1S/C15H25N5O/c1-4-6-11-13(16-8-5-2)17-10-18-14(11)19-12-7-9-20(3)15(12)21/h10,12H,4-9H2,1-3H3,(H2,16,17,18,19). The molecule has 1 aromatic heterocycles. The third kappa shape index (κ3) is 3.62. The van der Waals surface area contributed by atoms with Crippen molar-refractivity contribution >= 4 is 17.5 Å². The molecule has 1 atom stereocenters. The van der Waals surface area contributed by atoms with Crippen LogP contribution < -0.4 is 10.6 Å². The molecule has 1 saturated heterocycles. The number of carbonyl (C=O) groups is 1. The minimum atomic E-state index is -0.167. The summed E-state index contributed by atoms with van der Waals surface area (Å²) in [5.74, 6) is 1.81. The van der Waals surface area contributed by atoms with Crippen LogP contribution in [0.4, 0.5) is 11.6 Å². The lowest BCUT2D eigenvalue weighted by molar-refractivity contribution is -0.127. The van der Waals surface area contributed by atoms with Crippen molar-refractivity contribution in [3.63, 3.8) is 0 Å². The van der Waals surface area contributed by atoms with Crippen molar-refractivity contribution in [3.05, 3.63) is 11.9 Å². The fourth-order valence-electron chi connectivity index (χ4n) is 2.54. The molecule has 0 saturated carbocycles. The molecule has 2 rings (SSSR count). The first-order valence-corrected chi connectivity index (χ1v) is 7.76. The average Bonchev–Trinajstić information content (AvgIpc) is 2.80. The van der Waals surface area contributed by atoms with Crippen LogP contribution in [0.1, 0.15) is 38.7 Å². The highest BCUT2D eigenvalue weighted by molar-refractivity contribution is 5.86. The first kappa shape index (κ1) is 15.5. The molecule has 1 aromatic rings. The highest BCUT2D eigenvalue weighted by atomic mass is 16.2. The summed E-state index contributed by atoms with van der Waals surface area (Å²) in [6.07, 6.45) is 5.34. The fraction of sp³-hybridized carbons (Fsp3) is 0.667. The maximum absolute atomic E-state index is 12.0. The number of likely N-dealkylation sites (tertiary alicyclic amines) is 1. The highest BCUT2D eigenvalue weighted by Gasteiger charge is 2.29. The smallest absolute Gasteiger partial charge is 0.244 e. The zero-order valence-electron chi connectivity index (χ0n) is 13.1. The van der Waals surface area contributed by atoms with Crippen LogP contribution in [0.3, 0.4) is 0 Å². The van der Waals surface area contributed by atoms with Gasteiger partial charge >= 0.3 is 0 Å². The predicted octanol–water partition coefficient (Wildman–Crippen LogP) is 1.89. The highest BCUT2D eigenvalue weighted by Crippen LogP contribution is 2.24. The van der Waals surface area contributed by atoms with E-state index in [1.807, 2.05) is 7.05 Å². The molecule has 2 heterocycles. The number of nitrogens with zero attached hydrogens (tertiary/aromatic N) is 3. The normalized spacial score (nSPS) is 18.1. The maximum atomic E-state index is 12.0. The second-order valence-corrected chi connectivity index (χ2v) is 5.47. The molecule has 21 heavy (non-hydrogen) atoms. The van der Waals surface area contributed by atoms with Gasteiger partial charge in [0.1, 0.15) is 24.0 Å². The molecule has 0 aliphatic carbocycles. The van der Waals surface area contributed by atoms with Gasteiger partial charge in [0.05, 0.1) is 0 Å². The van der Waals surface area contributed by atoms with Gasteiger partial charge in [-0.05, 0) is 19.3 Å². The van der Waals surface area contributed by atoms with Crippen LogP contribution in [0, 0.1) is 0 Å². The number of hydrogen-bond donors (Lipinski definition) is 2. The number of amides is 1. The Bertz CT molecular complexity index is 491. The van der Waals surface area contributed by atoms with E-state index in [1.54, 1.807) is 11.2 Å². The molecule has 0 spiro atoms. The van der Waals surface area contributed by atoms with Crippen molar-refractivity contribution in [3.8, 4) is 0 Å². The largest absolute Gasteiger partial charge is 0.370 e. The summed E-state index contributed by atoms with van der Waals surface area (Å²) in [7, 11) is 1.84. The number of hydrogen-bond acceptors (Lipinski definition) is 5. The van der Waals surface area contributed by atoms with Gasteiger partial charge in [-0.2, -0.15) is 0 Å². The summed E-state index contributed by atoms with van der Waals surface area (Å²) in [6, 6.07) is -0.167. The Labute approximate surface area is 126 Å². The molecule has 6 heteroatoms. The molecule has 1 unspecified atom stereocenters. The molecule has 0 radical (unpaired) electrons. The monoisotopic (exact) mass is 291 g/mol. The second-order valence-electron chi connectivity index (χ2n) is 5.47. The third-order valence-electron chi connectivity index (χ3n) is 3.73. The number of carbonyl (C=O) groups excluding carboxylic acids is 1. The molecule has 1 amide bonds.